The summed E-state index contributed by atoms with van der Waals surface area (Å²) in [6, 6.07) is 12.4. The van der Waals surface area contributed by atoms with Gasteiger partial charge in [-0.3, -0.25) is 9.69 Å². The maximum atomic E-state index is 13.2. The number of carboxylic acids is 1. The van der Waals surface area contributed by atoms with Gasteiger partial charge in [-0.1, -0.05) is 12.1 Å². The van der Waals surface area contributed by atoms with Gasteiger partial charge in [-0.25, -0.2) is 4.39 Å². The number of ether oxygens (including phenoxy) is 1. The molecule has 2 N–H and O–H groups in total. The quantitative estimate of drug-likeness (QED) is 0.688. The number of methoxy groups -OCH3 is 1. The number of hydrogen-bond acceptors (Lipinski definition) is 4. The molecule has 0 aliphatic carbocycles. The molecule has 1 aliphatic rings. The fraction of sp³-hybridized carbons (Fsp3) is 0.300. The van der Waals surface area contributed by atoms with E-state index in [9.17, 15) is 19.4 Å². The van der Waals surface area contributed by atoms with Crippen molar-refractivity contribution in [2.24, 2.45) is 0 Å². The molecule has 0 bridgehead atoms. The molecule has 1 aliphatic heterocycles. The van der Waals surface area contributed by atoms with E-state index in [0.717, 1.165) is 11.3 Å². The first-order valence-electron chi connectivity index (χ1n) is 8.79. The van der Waals surface area contributed by atoms with E-state index < -0.39 is 24.1 Å². The van der Waals surface area contributed by atoms with Crippen LogP contribution in [0.5, 0.6) is 5.75 Å². The van der Waals surface area contributed by atoms with Crippen LogP contribution >= 0.6 is 12.2 Å². The van der Waals surface area contributed by atoms with Gasteiger partial charge in [0, 0.05) is 12.2 Å². The van der Waals surface area contributed by atoms with E-state index in [0.29, 0.717) is 23.8 Å². The number of rotatable bonds is 7. The molecule has 3 rings (SSSR count). The highest BCUT2D eigenvalue weighted by atomic mass is 32.1. The summed E-state index contributed by atoms with van der Waals surface area (Å²) in [7, 11) is 1.60. The predicted octanol–water partition coefficient (Wildman–Crippen LogP) is 2.65. The molecule has 148 valence electrons. The minimum Gasteiger partial charge on any atom is -0.497 e. The Labute approximate surface area is 167 Å². The van der Waals surface area contributed by atoms with Crippen LogP contribution in [0.2, 0.25) is 0 Å². The molecular formula is C20H21FN2O4S. The molecule has 6 nitrogen and oxygen atoms in total. The average Bonchev–Trinajstić information content (AvgIpc) is 2.90. The topological polar surface area (TPSA) is 73.2 Å². The third-order valence-electron chi connectivity index (χ3n) is 4.75. The van der Waals surface area contributed by atoms with Crippen molar-refractivity contribution < 1.29 is 24.1 Å². The standard InChI is InChI=1S/C20H21FN2O4S/c1-27-16-8-2-13(3-9-16)10-11-22-17(12-18(24)25)19(26)23(20(22)28)15-6-4-14(21)5-7-15/h2-9,17,19,26H,10-12H2,1H3,(H,24,25). The molecule has 2 unspecified atom stereocenters. The van der Waals surface area contributed by atoms with Crippen LogP contribution < -0.4 is 9.64 Å². The molecular weight excluding hydrogens is 383 g/mol. The molecule has 1 saturated heterocycles. The minimum atomic E-state index is -1.13. The van der Waals surface area contributed by atoms with Gasteiger partial charge in [-0.05, 0) is 60.6 Å². The maximum absolute atomic E-state index is 13.2. The monoisotopic (exact) mass is 404 g/mol. The Bertz CT molecular complexity index is 844. The zero-order valence-electron chi connectivity index (χ0n) is 15.3. The molecule has 8 heteroatoms. The zero-order chi connectivity index (χ0) is 20.3. The molecule has 28 heavy (non-hydrogen) atoms. The van der Waals surface area contributed by atoms with Crippen molar-refractivity contribution in [3.05, 3.63) is 59.9 Å². The van der Waals surface area contributed by atoms with Gasteiger partial charge in [0.15, 0.2) is 11.3 Å². The second-order valence-corrected chi connectivity index (χ2v) is 6.86. The molecule has 1 heterocycles. The lowest BCUT2D eigenvalue weighted by Crippen LogP contribution is -2.39. The van der Waals surface area contributed by atoms with E-state index in [4.69, 9.17) is 17.0 Å². The lowest BCUT2D eigenvalue weighted by molar-refractivity contribution is -0.138. The van der Waals surface area contributed by atoms with Crippen LogP contribution in [0.4, 0.5) is 10.1 Å². The van der Waals surface area contributed by atoms with Gasteiger partial charge in [-0.2, -0.15) is 0 Å². The van der Waals surface area contributed by atoms with E-state index in [1.54, 1.807) is 12.0 Å². The fourth-order valence-electron chi connectivity index (χ4n) is 3.29. The van der Waals surface area contributed by atoms with E-state index in [1.807, 2.05) is 24.3 Å². The minimum absolute atomic E-state index is 0.262. The van der Waals surface area contributed by atoms with E-state index in [-0.39, 0.29) is 6.42 Å². The van der Waals surface area contributed by atoms with Crippen molar-refractivity contribution in [1.29, 1.82) is 0 Å². The van der Waals surface area contributed by atoms with Gasteiger partial charge in [0.2, 0.25) is 0 Å². The third kappa shape index (κ3) is 4.23. The molecule has 1 fully saturated rings. The second kappa shape index (κ2) is 8.53. The molecule has 2 atom stereocenters. The lowest BCUT2D eigenvalue weighted by Gasteiger charge is -2.24. The summed E-state index contributed by atoms with van der Waals surface area (Å²) in [5.41, 5.74) is 1.55. The number of aliphatic hydroxyl groups excluding tert-OH is 1. The first-order chi connectivity index (χ1) is 13.4. The van der Waals surface area contributed by atoms with Crippen molar-refractivity contribution in [3.8, 4) is 5.75 Å². The third-order valence-corrected chi connectivity index (χ3v) is 5.18. The first-order valence-corrected chi connectivity index (χ1v) is 9.19. The first kappa shape index (κ1) is 20.0. The highest BCUT2D eigenvalue weighted by Gasteiger charge is 2.43. The molecule has 0 radical (unpaired) electrons. The summed E-state index contributed by atoms with van der Waals surface area (Å²) in [6.07, 6.45) is -0.781. The van der Waals surface area contributed by atoms with Crippen molar-refractivity contribution in [3.63, 3.8) is 0 Å². The number of nitrogens with zero attached hydrogens (tertiary/aromatic N) is 2. The van der Waals surface area contributed by atoms with Crippen LogP contribution in [0.25, 0.3) is 0 Å². The maximum Gasteiger partial charge on any atom is 0.305 e. The largest absolute Gasteiger partial charge is 0.497 e. The van der Waals surface area contributed by atoms with E-state index in [1.165, 1.54) is 29.2 Å². The summed E-state index contributed by atoms with van der Waals surface area (Å²) in [5, 5.41) is 20.3. The Balaban J connectivity index is 1.80. The average molecular weight is 404 g/mol. The summed E-state index contributed by atoms with van der Waals surface area (Å²) in [4.78, 5) is 14.5. The predicted molar refractivity (Wildman–Crippen MR) is 107 cm³/mol. The molecule has 0 spiro atoms. The van der Waals surface area contributed by atoms with Crippen molar-refractivity contribution >= 4 is 29.0 Å². The SMILES string of the molecule is COc1ccc(CCN2C(=S)N(c3ccc(F)cc3)C(O)C2CC(=O)O)cc1. The van der Waals surface area contributed by atoms with Gasteiger partial charge in [0.1, 0.15) is 11.6 Å². The van der Waals surface area contributed by atoms with Gasteiger partial charge >= 0.3 is 5.97 Å². The molecule has 2 aromatic carbocycles. The zero-order valence-corrected chi connectivity index (χ0v) is 16.1. The van der Waals surface area contributed by atoms with Crippen molar-refractivity contribution in [1.82, 2.24) is 4.90 Å². The number of anilines is 1. The normalized spacial score (nSPS) is 19.2. The van der Waals surface area contributed by atoms with Crippen LogP contribution in [-0.4, -0.2) is 52.1 Å². The molecule has 2 aromatic rings. The number of benzene rings is 2. The fourth-order valence-corrected chi connectivity index (χ4v) is 3.73. The van der Waals surface area contributed by atoms with Crippen molar-refractivity contribution in [2.75, 3.05) is 18.6 Å². The number of hydrogen-bond donors (Lipinski definition) is 2. The Hall–Kier alpha value is -2.71. The van der Waals surface area contributed by atoms with Crippen LogP contribution in [0.1, 0.15) is 12.0 Å². The number of carbonyl (C=O) groups is 1. The number of halogens is 1. The Kier molecular flexibility index (Phi) is 6.11. The van der Waals surface area contributed by atoms with Crippen molar-refractivity contribution in [2.45, 2.75) is 25.1 Å². The smallest absolute Gasteiger partial charge is 0.305 e. The number of aliphatic hydroxyl groups is 1. The van der Waals surface area contributed by atoms with Gasteiger partial charge < -0.3 is 19.8 Å². The number of aliphatic carboxylic acids is 1. The van der Waals surface area contributed by atoms with Gasteiger partial charge in [0.05, 0.1) is 19.6 Å². The number of carboxylic acid groups (broad SMARTS) is 1. The molecule has 0 aromatic heterocycles. The van der Waals surface area contributed by atoms with Crippen LogP contribution in [0, 0.1) is 5.82 Å². The number of thiocarbonyl (C=S) groups is 1. The van der Waals surface area contributed by atoms with Crippen LogP contribution in [-0.2, 0) is 11.2 Å². The van der Waals surface area contributed by atoms with Crippen LogP contribution in [0.3, 0.4) is 0 Å². The van der Waals surface area contributed by atoms with Gasteiger partial charge in [0.25, 0.3) is 0 Å². The second-order valence-electron chi connectivity index (χ2n) is 6.50. The Morgan fingerprint density at radius 1 is 1.18 bits per heavy atom. The molecule has 0 saturated carbocycles. The van der Waals surface area contributed by atoms with E-state index >= 15 is 0 Å². The Morgan fingerprint density at radius 2 is 1.82 bits per heavy atom. The van der Waals surface area contributed by atoms with Crippen LogP contribution in [0.15, 0.2) is 48.5 Å². The summed E-state index contributed by atoms with van der Waals surface area (Å²) >= 11 is 5.52. The lowest BCUT2D eigenvalue weighted by atomic mass is 10.1. The van der Waals surface area contributed by atoms with Gasteiger partial charge in [-0.15, -0.1) is 0 Å². The highest BCUT2D eigenvalue weighted by Crippen LogP contribution is 2.30. The highest BCUT2D eigenvalue weighted by molar-refractivity contribution is 7.80. The summed E-state index contributed by atoms with van der Waals surface area (Å²) < 4.78 is 18.4. The van der Waals surface area contributed by atoms with E-state index in [2.05, 4.69) is 0 Å². The molecule has 0 amide bonds. The Morgan fingerprint density at radius 3 is 2.39 bits per heavy atom. The summed E-state index contributed by atoms with van der Waals surface area (Å²) in [6.45, 7) is 0.442. The summed E-state index contributed by atoms with van der Waals surface area (Å²) in [5.74, 6) is -0.675.